The zero-order valence-corrected chi connectivity index (χ0v) is 12.2. The van der Waals surface area contributed by atoms with Crippen molar-refractivity contribution in [2.45, 2.75) is 25.6 Å². The lowest BCUT2D eigenvalue weighted by Crippen LogP contribution is -2.18. The molecular weight excluding hydrogens is 289 g/mol. The maximum atomic E-state index is 11.9. The van der Waals surface area contributed by atoms with Gasteiger partial charge < -0.3 is 19.3 Å². The van der Waals surface area contributed by atoms with Gasteiger partial charge in [-0.1, -0.05) is 0 Å². The van der Waals surface area contributed by atoms with Crippen molar-refractivity contribution in [3.05, 3.63) is 23.3 Å². The van der Waals surface area contributed by atoms with Crippen LogP contribution in [0.15, 0.2) is 12.1 Å². The molecule has 0 aromatic heterocycles. The van der Waals surface area contributed by atoms with Gasteiger partial charge in [0.25, 0.3) is 0 Å². The van der Waals surface area contributed by atoms with E-state index < -0.39 is 18.9 Å². The fourth-order valence-corrected chi connectivity index (χ4v) is 1.89. The van der Waals surface area contributed by atoms with Gasteiger partial charge in [-0.05, 0) is 30.2 Å². The number of alkyl halides is 3. The van der Waals surface area contributed by atoms with E-state index in [2.05, 4.69) is 4.74 Å². The van der Waals surface area contributed by atoms with Crippen molar-refractivity contribution in [1.82, 2.24) is 0 Å². The molecule has 0 amide bonds. The van der Waals surface area contributed by atoms with E-state index in [1.807, 2.05) is 0 Å². The molecule has 1 aromatic carbocycles. The van der Waals surface area contributed by atoms with E-state index in [0.717, 1.165) is 5.56 Å². The number of aliphatic hydroxyl groups is 1. The number of hydrogen-bond donors (Lipinski definition) is 1. The van der Waals surface area contributed by atoms with E-state index in [9.17, 15) is 18.3 Å². The number of hydrogen-bond acceptors (Lipinski definition) is 4. The van der Waals surface area contributed by atoms with Gasteiger partial charge >= 0.3 is 6.18 Å². The van der Waals surface area contributed by atoms with E-state index in [1.54, 1.807) is 19.1 Å². The topological polar surface area (TPSA) is 47.9 Å². The highest BCUT2D eigenvalue weighted by Crippen LogP contribution is 2.33. The molecule has 0 aliphatic heterocycles. The van der Waals surface area contributed by atoms with Crippen molar-refractivity contribution in [2.75, 3.05) is 27.4 Å². The molecule has 1 rings (SSSR count). The van der Waals surface area contributed by atoms with Crippen LogP contribution >= 0.6 is 0 Å². The number of rotatable bonds is 7. The molecule has 0 radical (unpaired) electrons. The first-order valence-corrected chi connectivity index (χ1v) is 6.33. The molecule has 1 unspecified atom stereocenters. The number of methoxy groups -OCH3 is 2. The van der Waals surface area contributed by atoms with Crippen LogP contribution in [0, 0.1) is 6.92 Å². The molecule has 0 fully saturated rings. The third-order valence-electron chi connectivity index (χ3n) is 2.93. The highest BCUT2D eigenvalue weighted by molar-refractivity contribution is 5.47. The van der Waals surface area contributed by atoms with Gasteiger partial charge in [0.1, 0.15) is 6.61 Å². The molecule has 1 atom stereocenters. The summed E-state index contributed by atoms with van der Waals surface area (Å²) in [4.78, 5) is 0. The van der Waals surface area contributed by atoms with Crippen LogP contribution in [-0.4, -0.2) is 38.7 Å². The van der Waals surface area contributed by atoms with Gasteiger partial charge in [-0.15, -0.1) is 0 Å². The standard InChI is InChI=1S/C14H19F3O4/c1-9-6-12(19-2)13(20-3)7-10(9)11(18)4-5-21-8-14(15,16)17/h6-7,11,18H,4-5,8H2,1-3H3. The molecule has 0 aliphatic carbocycles. The predicted octanol–water partition coefficient (Wildman–Crippen LogP) is 3.01. The van der Waals surface area contributed by atoms with Crippen LogP contribution in [0.3, 0.4) is 0 Å². The molecule has 0 spiro atoms. The summed E-state index contributed by atoms with van der Waals surface area (Å²) in [6, 6.07) is 3.32. The van der Waals surface area contributed by atoms with E-state index >= 15 is 0 Å². The van der Waals surface area contributed by atoms with Crippen LogP contribution in [-0.2, 0) is 4.74 Å². The summed E-state index contributed by atoms with van der Waals surface area (Å²) in [6.45, 7) is 0.274. The molecular formula is C14H19F3O4. The largest absolute Gasteiger partial charge is 0.493 e. The maximum absolute atomic E-state index is 11.9. The Labute approximate surface area is 121 Å². The van der Waals surface area contributed by atoms with Gasteiger partial charge in [-0.2, -0.15) is 13.2 Å². The van der Waals surface area contributed by atoms with Gasteiger partial charge in [0.05, 0.1) is 20.3 Å². The SMILES string of the molecule is COc1cc(C)c(C(O)CCOCC(F)(F)F)cc1OC. The summed E-state index contributed by atoms with van der Waals surface area (Å²) in [5.74, 6) is 0.979. The van der Waals surface area contributed by atoms with Crippen molar-refractivity contribution < 1.29 is 32.5 Å². The number of aliphatic hydroxyl groups excluding tert-OH is 1. The average molecular weight is 308 g/mol. The molecule has 7 heteroatoms. The Morgan fingerprint density at radius 3 is 2.24 bits per heavy atom. The van der Waals surface area contributed by atoms with Gasteiger partial charge in [0, 0.05) is 13.0 Å². The fraction of sp³-hybridized carbons (Fsp3) is 0.571. The number of ether oxygens (including phenoxy) is 3. The molecule has 1 aromatic rings. The second-order valence-electron chi connectivity index (χ2n) is 4.54. The fourth-order valence-electron chi connectivity index (χ4n) is 1.89. The van der Waals surface area contributed by atoms with Gasteiger partial charge in [0.2, 0.25) is 0 Å². The summed E-state index contributed by atoms with van der Waals surface area (Å²) >= 11 is 0. The van der Waals surface area contributed by atoms with Crippen molar-refractivity contribution in [1.29, 1.82) is 0 Å². The Balaban J connectivity index is 2.67. The molecule has 1 N–H and O–H groups in total. The van der Waals surface area contributed by atoms with Gasteiger partial charge in [-0.3, -0.25) is 0 Å². The Hall–Kier alpha value is -1.47. The lowest BCUT2D eigenvalue weighted by Gasteiger charge is -2.17. The third-order valence-corrected chi connectivity index (χ3v) is 2.93. The van der Waals surface area contributed by atoms with Crippen molar-refractivity contribution in [2.24, 2.45) is 0 Å². The predicted molar refractivity (Wildman–Crippen MR) is 70.7 cm³/mol. The van der Waals surface area contributed by atoms with Crippen molar-refractivity contribution >= 4 is 0 Å². The maximum Gasteiger partial charge on any atom is 0.411 e. The van der Waals surface area contributed by atoms with Crippen LogP contribution in [0.25, 0.3) is 0 Å². The summed E-state index contributed by atoms with van der Waals surface area (Å²) in [7, 11) is 2.97. The van der Waals surface area contributed by atoms with E-state index in [0.29, 0.717) is 17.1 Å². The zero-order chi connectivity index (χ0) is 16.0. The van der Waals surface area contributed by atoms with Gasteiger partial charge in [0.15, 0.2) is 11.5 Å². The molecule has 0 saturated heterocycles. The summed E-state index contributed by atoms with van der Waals surface area (Å²) in [5, 5.41) is 10.1. The van der Waals surface area contributed by atoms with Crippen LogP contribution in [0.2, 0.25) is 0 Å². The first-order valence-electron chi connectivity index (χ1n) is 6.33. The molecule has 120 valence electrons. The Kier molecular flexibility index (Phi) is 6.29. The molecule has 4 nitrogen and oxygen atoms in total. The van der Waals surface area contributed by atoms with Crippen LogP contribution in [0.5, 0.6) is 11.5 Å². The van der Waals surface area contributed by atoms with Crippen molar-refractivity contribution in [3.8, 4) is 11.5 Å². The molecule has 0 saturated carbocycles. The number of benzene rings is 1. The number of aryl methyl sites for hydroxylation is 1. The minimum absolute atomic E-state index is 0.0619. The van der Waals surface area contributed by atoms with Crippen LogP contribution < -0.4 is 9.47 Å². The van der Waals surface area contributed by atoms with Crippen LogP contribution in [0.1, 0.15) is 23.7 Å². The van der Waals surface area contributed by atoms with Crippen LogP contribution in [0.4, 0.5) is 13.2 Å². The smallest absolute Gasteiger partial charge is 0.411 e. The molecule has 21 heavy (non-hydrogen) atoms. The minimum atomic E-state index is -4.36. The molecule has 0 bridgehead atoms. The molecule has 0 heterocycles. The summed E-state index contributed by atoms with van der Waals surface area (Å²) < 4.78 is 50.6. The highest BCUT2D eigenvalue weighted by Gasteiger charge is 2.27. The van der Waals surface area contributed by atoms with E-state index in [4.69, 9.17) is 9.47 Å². The normalized spacial score (nSPS) is 13.1. The Bertz CT molecular complexity index is 460. The summed E-state index contributed by atoms with van der Waals surface area (Å²) in [6.07, 6.45) is -5.23. The van der Waals surface area contributed by atoms with Crippen molar-refractivity contribution in [3.63, 3.8) is 0 Å². The monoisotopic (exact) mass is 308 g/mol. The molecule has 0 aliphatic rings. The lowest BCUT2D eigenvalue weighted by molar-refractivity contribution is -0.175. The zero-order valence-electron chi connectivity index (χ0n) is 12.2. The third kappa shape index (κ3) is 5.43. The minimum Gasteiger partial charge on any atom is -0.493 e. The quantitative estimate of drug-likeness (QED) is 0.787. The second-order valence-corrected chi connectivity index (χ2v) is 4.54. The first-order chi connectivity index (χ1) is 9.78. The Morgan fingerprint density at radius 1 is 1.14 bits per heavy atom. The second kappa shape index (κ2) is 7.51. The van der Waals surface area contributed by atoms with E-state index in [-0.39, 0.29) is 13.0 Å². The Morgan fingerprint density at radius 2 is 1.71 bits per heavy atom. The first kappa shape index (κ1) is 17.6. The van der Waals surface area contributed by atoms with E-state index in [1.165, 1.54) is 14.2 Å². The lowest BCUT2D eigenvalue weighted by atomic mass is 10.0. The summed E-state index contributed by atoms with van der Waals surface area (Å²) in [5.41, 5.74) is 1.33. The highest BCUT2D eigenvalue weighted by atomic mass is 19.4. The van der Waals surface area contributed by atoms with Gasteiger partial charge in [-0.25, -0.2) is 0 Å². The number of halogens is 3. The average Bonchev–Trinajstić information content (AvgIpc) is 2.41.